The SMILES string of the molecule is CNOC(=O)c1cc2c(C)ccc(C)c2o1. The van der Waals surface area contributed by atoms with E-state index >= 15 is 0 Å². The predicted molar refractivity (Wildman–Crippen MR) is 60.2 cm³/mol. The molecular formula is C12H13NO3. The molecule has 0 saturated carbocycles. The molecule has 0 amide bonds. The number of aryl methyl sites for hydroxylation is 2. The monoisotopic (exact) mass is 219 g/mol. The van der Waals surface area contributed by atoms with Crippen LogP contribution in [0.5, 0.6) is 0 Å². The number of fused-ring (bicyclic) bond motifs is 1. The molecule has 1 aromatic carbocycles. The van der Waals surface area contributed by atoms with Gasteiger partial charge in [-0.15, -0.1) is 0 Å². The van der Waals surface area contributed by atoms with Gasteiger partial charge in [0.25, 0.3) is 0 Å². The van der Waals surface area contributed by atoms with Crippen molar-refractivity contribution in [3.05, 3.63) is 35.1 Å². The first-order chi connectivity index (χ1) is 7.63. The Kier molecular flexibility index (Phi) is 2.66. The molecule has 0 radical (unpaired) electrons. The summed E-state index contributed by atoms with van der Waals surface area (Å²) in [5.41, 5.74) is 5.15. The fourth-order valence-electron chi connectivity index (χ4n) is 1.64. The third kappa shape index (κ3) is 1.67. The summed E-state index contributed by atoms with van der Waals surface area (Å²) in [5.74, 6) is -0.306. The van der Waals surface area contributed by atoms with Gasteiger partial charge in [0, 0.05) is 12.4 Å². The molecule has 1 N–H and O–H groups in total. The zero-order valence-electron chi connectivity index (χ0n) is 9.46. The van der Waals surface area contributed by atoms with E-state index in [2.05, 4.69) is 10.3 Å². The molecule has 4 nitrogen and oxygen atoms in total. The van der Waals surface area contributed by atoms with Crippen LogP contribution in [-0.2, 0) is 4.84 Å². The molecule has 0 saturated heterocycles. The van der Waals surface area contributed by atoms with Crippen molar-refractivity contribution in [1.82, 2.24) is 5.48 Å². The molecule has 0 bridgehead atoms. The summed E-state index contributed by atoms with van der Waals surface area (Å²) in [7, 11) is 1.52. The van der Waals surface area contributed by atoms with E-state index in [9.17, 15) is 4.79 Å². The predicted octanol–water partition coefficient (Wildman–Crippen LogP) is 2.34. The van der Waals surface area contributed by atoms with Gasteiger partial charge in [0.1, 0.15) is 5.58 Å². The van der Waals surface area contributed by atoms with Crippen LogP contribution < -0.4 is 5.48 Å². The second-order valence-electron chi connectivity index (χ2n) is 3.65. The normalized spacial score (nSPS) is 10.7. The Hall–Kier alpha value is -1.81. The van der Waals surface area contributed by atoms with E-state index in [1.807, 2.05) is 26.0 Å². The van der Waals surface area contributed by atoms with Crippen molar-refractivity contribution >= 4 is 16.9 Å². The number of hydrogen-bond donors (Lipinski definition) is 1. The standard InChI is InChI=1S/C12H13NO3/c1-7-4-5-8(2)11-9(7)6-10(15-11)12(14)16-13-3/h4-6,13H,1-3H3. The molecule has 0 aliphatic rings. The average molecular weight is 219 g/mol. The van der Waals surface area contributed by atoms with Crippen LogP contribution >= 0.6 is 0 Å². The fraction of sp³-hybridized carbons (Fsp3) is 0.250. The summed E-state index contributed by atoms with van der Waals surface area (Å²) in [5, 5.41) is 0.947. The van der Waals surface area contributed by atoms with E-state index in [-0.39, 0.29) is 5.76 Å². The maximum absolute atomic E-state index is 11.5. The molecule has 0 spiro atoms. The largest absolute Gasteiger partial charge is 0.449 e. The zero-order chi connectivity index (χ0) is 11.7. The quantitative estimate of drug-likeness (QED) is 0.787. The summed E-state index contributed by atoms with van der Waals surface area (Å²) in [6, 6.07) is 5.67. The van der Waals surface area contributed by atoms with E-state index in [0.717, 1.165) is 22.1 Å². The zero-order valence-corrected chi connectivity index (χ0v) is 9.46. The third-order valence-corrected chi connectivity index (χ3v) is 2.49. The van der Waals surface area contributed by atoms with Gasteiger partial charge in [0.2, 0.25) is 5.76 Å². The van der Waals surface area contributed by atoms with Crippen molar-refractivity contribution in [2.45, 2.75) is 13.8 Å². The molecule has 84 valence electrons. The highest BCUT2D eigenvalue weighted by Crippen LogP contribution is 2.26. The van der Waals surface area contributed by atoms with Gasteiger partial charge in [-0.1, -0.05) is 12.1 Å². The topological polar surface area (TPSA) is 51.5 Å². The van der Waals surface area contributed by atoms with Crippen molar-refractivity contribution < 1.29 is 14.0 Å². The second-order valence-corrected chi connectivity index (χ2v) is 3.65. The van der Waals surface area contributed by atoms with Gasteiger partial charge in [-0.3, -0.25) is 0 Å². The van der Waals surface area contributed by atoms with Gasteiger partial charge in [0.15, 0.2) is 0 Å². The fourth-order valence-corrected chi connectivity index (χ4v) is 1.64. The highest BCUT2D eigenvalue weighted by Gasteiger charge is 2.15. The Morgan fingerprint density at radius 1 is 1.31 bits per heavy atom. The van der Waals surface area contributed by atoms with Crippen molar-refractivity contribution in [1.29, 1.82) is 0 Å². The van der Waals surface area contributed by atoms with Crippen LogP contribution in [0.15, 0.2) is 22.6 Å². The maximum Gasteiger partial charge on any atom is 0.392 e. The smallest absolute Gasteiger partial charge is 0.392 e. The first-order valence-electron chi connectivity index (χ1n) is 5.01. The summed E-state index contributed by atoms with van der Waals surface area (Å²) in [6.07, 6.45) is 0. The van der Waals surface area contributed by atoms with E-state index in [0.29, 0.717) is 0 Å². The van der Waals surface area contributed by atoms with Gasteiger partial charge in [-0.05, 0) is 31.0 Å². The highest BCUT2D eigenvalue weighted by molar-refractivity contribution is 5.94. The first-order valence-corrected chi connectivity index (χ1v) is 5.01. The molecule has 0 atom stereocenters. The van der Waals surface area contributed by atoms with E-state index in [4.69, 9.17) is 4.42 Å². The van der Waals surface area contributed by atoms with Crippen LogP contribution in [0.25, 0.3) is 11.0 Å². The Morgan fingerprint density at radius 2 is 2.00 bits per heavy atom. The number of nitrogens with one attached hydrogen (secondary N) is 1. The van der Waals surface area contributed by atoms with Gasteiger partial charge in [-0.25, -0.2) is 4.79 Å². The van der Waals surface area contributed by atoms with Crippen molar-refractivity contribution in [2.24, 2.45) is 0 Å². The molecular weight excluding hydrogens is 206 g/mol. The molecule has 0 unspecified atom stereocenters. The first kappa shape index (κ1) is 10.7. The number of hydrogen-bond acceptors (Lipinski definition) is 4. The Labute approximate surface area is 93.1 Å². The van der Waals surface area contributed by atoms with Crippen LogP contribution in [0.1, 0.15) is 21.7 Å². The van der Waals surface area contributed by atoms with Gasteiger partial charge < -0.3 is 9.25 Å². The van der Waals surface area contributed by atoms with E-state index in [1.54, 1.807) is 6.07 Å². The Bertz CT molecular complexity index is 503. The lowest BCUT2D eigenvalue weighted by molar-refractivity contribution is 0.0276. The molecule has 1 aromatic heterocycles. The highest BCUT2D eigenvalue weighted by atomic mass is 16.7. The number of rotatable bonds is 2. The van der Waals surface area contributed by atoms with Crippen LogP contribution in [0.2, 0.25) is 0 Å². The Morgan fingerprint density at radius 3 is 2.62 bits per heavy atom. The number of carbonyl (C=O) groups excluding carboxylic acids is 1. The van der Waals surface area contributed by atoms with E-state index < -0.39 is 5.97 Å². The minimum Gasteiger partial charge on any atom is -0.449 e. The average Bonchev–Trinajstić information content (AvgIpc) is 2.70. The lowest BCUT2D eigenvalue weighted by atomic mass is 10.1. The summed E-state index contributed by atoms with van der Waals surface area (Å²) < 4.78 is 5.48. The molecule has 0 fully saturated rings. The van der Waals surface area contributed by atoms with Crippen LogP contribution in [0.3, 0.4) is 0 Å². The van der Waals surface area contributed by atoms with Gasteiger partial charge in [-0.2, -0.15) is 5.48 Å². The second kappa shape index (κ2) is 3.98. The Balaban J connectivity index is 2.55. The number of hydroxylamine groups is 1. The number of benzene rings is 1. The molecule has 2 aromatic rings. The van der Waals surface area contributed by atoms with Crippen molar-refractivity contribution in [3.8, 4) is 0 Å². The molecule has 4 heteroatoms. The molecule has 0 aliphatic carbocycles. The lowest BCUT2D eigenvalue weighted by Crippen LogP contribution is -2.14. The van der Waals surface area contributed by atoms with Crippen LogP contribution in [0, 0.1) is 13.8 Å². The third-order valence-electron chi connectivity index (χ3n) is 2.49. The molecule has 2 rings (SSSR count). The van der Waals surface area contributed by atoms with Crippen molar-refractivity contribution in [3.63, 3.8) is 0 Å². The van der Waals surface area contributed by atoms with Crippen molar-refractivity contribution in [2.75, 3.05) is 7.05 Å². The maximum atomic E-state index is 11.5. The minimum absolute atomic E-state index is 0.210. The van der Waals surface area contributed by atoms with Gasteiger partial charge in [0.05, 0.1) is 0 Å². The molecule has 16 heavy (non-hydrogen) atoms. The van der Waals surface area contributed by atoms with E-state index in [1.165, 1.54) is 7.05 Å². The van der Waals surface area contributed by atoms with Gasteiger partial charge >= 0.3 is 5.97 Å². The molecule has 0 aliphatic heterocycles. The van der Waals surface area contributed by atoms with Crippen LogP contribution in [-0.4, -0.2) is 13.0 Å². The summed E-state index contributed by atoms with van der Waals surface area (Å²) in [4.78, 5) is 16.1. The summed E-state index contributed by atoms with van der Waals surface area (Å²) >= 11 is 0. The molecule has 1 heterocycles. The number of furan rings is 1. The number of carbonyl (C=O) groups is 1. The van der Waals surface area contributed by atoms with Crippen LogP contribution in [0.4, 0.5) is 0 Å². The summed E-state index contributed by atoms with van der Waals surface area (Å²) in [6.45, 7) is 3.92. The lowest BCUT2D eigenvalue weighted by Gasteiger charge is -1.97. The minimum atomic E-state index is -0.516.